The van der Waals surface area contributed by atoms with Crippen molar-refractivity contribution in [1.29, 1.82) is 0 Å². The lowest BCUT2D eigenvalue weighted by atomic mass is 10.1. The Bertz CT molecular complexity index is 717. The van der Waals surface area contributed by atoms with Gasteiger partial charge in [0.05, 0.1) is 6.42 Å². The minimum absolute atomic E-state index is 0.0784. The lowest BCUT2D eigenvalue weighted by Crippen LogP contribution is -2.48. The molecule has 4 nitrogen and oxygen atoms in total. The van der Waals surface area contributed by atoms with E-state index in [1.54, 1.807) is 24.0 Å². The summed E-state index contributed by atoms with van der Waals surface area (Å²) in [4.78, 5) is 27.0. The summed E-state index contributed by atoms with van der Waals surface area (Å²) in [5.74, 6) is -0.215. The highest BCUT2D eigenvalue weighted by molar-refractivity contribution is 6.30. The summed E-state index contributed by atoms with van der Waals surface area (Å²) in [6, 6.07) is 16.3. The standard InChI is InChI=1S/C21H25ClN2O2/c1-3-13-23-21(26)16(2)24(15-18-9-11-19(22)12-10-18)20(25)14-17-7-5-4-6-8-17/h4-12,16H,3,13-15H2,1-2H3,(H,23,26). The lowest BCUT2D eigenvalue weighted by molar-refractivity contribution is -0.140. The summed E-state index contributed by atoms with van der Waals surface area (Å²) in [6.07, 6.45) is 1.12. The predicted octanol–water partition coefficient (Wildman–Crippen LogP) is 3.83. The monoisotopic (exact) mass is 372 g/mol. The van der Waals surface area contributed by atoms with Gasteiger partial charge in [-0.1, -0.05) is 61.0 Å². The first-order valence-corrected chi connectivity index (χ1v) is 9.24. The molecular formula is C21H25ClN2O2. The number of amides is 2. The zero-order chi connectivity index (χ0) is 18.9. The van der Waals surface area contributed by atoms with Crippen LogP contribution in [0.5, 0.6) is 0 Å². The maximum atomic E-state index is 12.9. The second kappa shape index (κ2) is 9.97. The Morgan fingerprint density at radius 3 is 2.31 bits per heavy atom. The third kappa shape index (κ3) is 5.88. The molecule has 1 N–H and O–H groups in total. The Morgan fingerprint density at radius 2 is 1.69 bits per heavy atom. The van der Waals surface area contributed by atoms with Crippen LogP contribution in [0, 0.1) is 0 Å². The molecule has 0 spiro atoms. The van der Waals surface area contributed by atoms with E-state index in [4.69, 9.17) is 11.6 Å². The Morgan fingerprint density at radius 1 is 1.04 bits per heavy atom. The van der Waals surface area contributed by atoms with Crippen molar-refractivity contribution in [3.63, 3.8) is 0 Å². The van der Waals surface area contributed by atoms with Crippen molar-refractivity contribution in [2.45, 2.75) is 39.3 Å². The van der Waals surface area contributed by atoms with Crippen LogP contribution in [0.15, 0.2) is 54.6 Å². The maximum Gasteiger partial charge on any atom is 0.242 e. The molecule has 0 fully saturated rings. The van der Waals surface area contributed by atoms with Gasteiger partial charge in [-0.3, -0.25) is 9.59 Å². The molecule has 2 aromatic rings. The number of halogens is 1. The third-order valence-electron chi connectivity index (χ3n) is 4.18. The molecule has 0 radical (unpaired) electrons. The zero-order valence-corrected chi connectivity index (χ0v) is 16.0. The van der Waals surface area contributed by atoms with Gasteiger partial charge < -0.3 is 10.2 Å². The summed E-state index contributed by atoms with van der Waals surface area (Å²) in [5.41, 5.74) is 1.87. The average molecular weight is 373 g/mol. The number of nitrogens with zero attached hydrogens (tertiary/aromatic N) is 1. The van der Waals surface area contributed by atoms with E-state index in [0.29, 0.717) is 18.1 Å². The van der Waals surface area contributed by atoms with E-state index in [1.807, 2.05) is 49.4 Å². The number of carbonyl (C=O) groups is 2. The minimum Gasteiger partial charge on any atom is -0.354 e. The number of nitrogens with one attached hydrogen (secondary N) is 1. The molecule has 26 heavy (non-hydrogen) atoms. The van der Waals surface area contributed by atoms with Crippen molar-refractivity contribution in [3.05, 3.63) is 70.7 Å². The van der Waals surface area contributed by atoms with E-state index < -0.39 is 6.04 Å². The van der Waals surface area contributed by atoms with Crippen LogP contribution < -0.4 is 5.32 Å². The molecule has 0 bridgehead atoms. The Hall–Kier alpha value is -2.33. The normalized spacial score (nSPS) is 11.7. The molecule has 0 saturated heterocycles. The van der Waals surface area contributed by atoms with Gasteiger partial charge in [-0.25, -0.2) is 0 Å². The predicted molar refractivity (Wildman–Crippen MR) is 105 cm³/mol. The van der Waals surface area contributed by atoms with Crippen molar-refractivity contribution in [3.8, 4) is 0 Å². The number of hydrogen-bond donors (Lipinski definition) is 1. The molecule has 0 aliphatic rings. The molecule has 1 unspecified atom stereocenters. The largest absolute Gasteiger partial charge is 0.354 e. The quantitative estimate of drug-likeness (QED) is 0.765. The summed E-state index contributed by atoms with van der Waals surface area (Å²) in [7, 11) is 0. The van der Waals surface area contributed by atoms with E-state index in [2.05, 4.69) is 5.32 Å². The fourth-order valence-corrected chi connectivity index (χ4v) is 2.76. The van der Waals surface area contributed by atoms with E-state index in [9.17, 15) is 9.59 Å². The Balaban J connectivity index is 2.17. The lowest BCUT2D eigenvalue weighted by Gasteiger charge is -2.29. The van der Waals surface area contributed by atoms with Gasteiger partial charge in [-0.15, -0.1) is 0 Å². The van der Waals surface area contributed by atoms with Crippen LogP contribution in [0.4, 0.5) is 0 Å². The van der Waals surface area contributed by atoms with Crippen LogP contribution in [-0.2, 0) is 22.6 Å². The average Bonchev–Trinajstić information content (AvgIpc) is 2.65. The molecule has 2 amide bonds. The molecule has 138 valence electrons. The van der Waals surface area contributed by atoms with E-state index >= 15 is 0 Å². The van der Waals surface area contributed by atoms with Crippen LogP contribution in [-0.4, -0.2) is 29.3 Å². The van der Waals surface area contributed by atoms with Gasteiger partial charge in [-0.2, -0.15) is 0 Å². The SMILES string of the molecule is CCCNC(=O)C(C)N(Cc1ccc(Cl)cc1)C(=O)Cc1ccccc1. The summed E-state index contributed by atoms with van der Waals surface area (Å²) in [6.45, 7) is 4.73. The van der Waals surface area contributed by atoms with Gasteiger partial charge in [-0.05, 0) is 36.6 Å². The second-order valence-corrected chi connectivity index (χ2v) is 6.71. The maximum absolute atomic E-state index is 12.9. The summed E-state index contributed by atoms with van der Waals surface area (Å²) < 4.78 is 0. The van der Waals surface area contributed by atoms with Crippen LogP contribution in [0.1, 0.15) is 31.4 Å². The number of benzene rings is 2. The topological polar surface area (TPSA) is 49.4 Å². The van der Waals surface area contributed by atoms with Gasteiger partial charge in [0.25, 0.3) is 0 Å². The van der Waals surface area contributed by atoms with E-state index in [1.165, 1.54) is 0 Å². The zero-order valence-electron chi connectivity index (χ0n) is 15.2. The van der Waals surface area contributed by atoms with Crippen molar-refractivity contribution in [1.82, 2.24) is 10.2 Å². The Kier molecular flexibility index (Phi) is 7.67. The third-order valence-corrected chi connectivity index (χ3v) is 4.43. The fourth-order valence-electron chi connectivity index (χ4n) is 2.64. The van der Waals surface area contributed by atoms with Crippen molar-refractivity contribution in [2.24, 2.45) is 0 Å². The number of rotatable bonds is 8. The molecule has 0 heterocycles. The van der Waals surface area contributed by atoms with Crippen molar-refractivity contribution in [2.75, 3.05) is 6.54 Å². The van der Waals surface area contributed by atoms with E-state index in [0.717, 1.165) is 17.5 Å². The van der Waals surface area contributed by atoms with Crippen molar-refractivity contribution < 1.29 is 9.59 Å². The molecule has 2 rings (SSSR count). The van der Waals surface area contributed by atoms with Crippen LogP contribution in [0.25, 0.3) is 0 Å². The number of carbonyl (C=O) groups excluding carboxylic acids is 2. The second-order valence-electron chi connectivity index (χ2n) is 6.28. The van der Waals surface area contributed by atoms with Crippen LogP contribution >= 0.6 is 11.6 Å². The Labute approximate surface area is 160 Å². The van der Waals surface area contributed by atoms with Gasteiger partial charge in [0.15, 0.2) is 0 Å². The van der Waals surface area contributed by atoms with Gasteiger partial charge in [0.2, 0.25) is 11.8 Å². The van der Waals surface area contributed by atoms with Gasteiger partial charge in [0, 0.05) is 18.1 Å². The fraction of sp³-hybridized carbons (Fsp3) is 0.333. The molecule has 2 aromatic carbocycles. The van der Waals surface area contributed by atoms with Crippen LogP contribution in [0.2, 0.25) is 5.02 Å². The molecule has 1 atom stereocenters. The smallest absolute Gasteiger partial charge is 0.242 e. The van der Waals surface area contributed by atoms with Crippen LogP contribution in [0.3, 0.4) is 0 Å². The number of hydrogen-bond acceptors (Lipinski definition) is 2. The van der Waals surface area contributed by atoms with E-state index in [-0.39, 0.29) is 18.2 Å². The molecule has 0 aliphatic carbocycles. The first-order valence-electron chi connectivity index (χ1n) is 8.86. The van der Waals surface area contributed by atoms with Crippen molar-refractivity contribution >= 4 is 23.4 Å². The molecular weight excluding hydrogens is 348 g/mol. The molecule has 0 aromatic heterocycles. The first-order chi connectivity index (χ1) is 12.5. The highest BCUT2D eigenvalue weighted by Crippen LogP contribution is 2.15. The first kappa shape index (κ1) is 20.0. The summed E-state index contributed by atoms with van der Waals surface area (Å²) in [5, 5.41) is 3.52. The molecule has 0 aliphatic heterocycles. The van der Waals surface area contributed by atoms with Gasteiger partial charge >= 0.3 is 0 Å². The summed E-state index contributed by atoms with van der Waals surface area (Å²) >= 11 is 5.94. The highest BCUT2D eigenvalue weighted by atomic mass is 35.5. The molecule has 5 heteroatoms. The highest BCUT2D eigenvalue weighted by Gasteiger charge is 2.25. The van der Waals surface area contributed by atoms with Gasteiger partial charge in [0.1, 0.15) is 6.04 Å². The molecule has 0 saturated carbocycles. The minimum atomic E-state index is -0.548.